The van der Waals surface area contributed by atoms with Crippen LogP contribution in [0.15, 0.2) is 0 Å². The first-order valence-electron chi connectivity index (χ1n) is 5.10. The highest BCUT2D eigenvalue weighted by Gasteiger charge is 2.33. The average Bonchev–Trinajstić information content (AvgIpc) is 2.44. The Morgan fingerprint density at radius 1 is 1.67 bits per heavy atom. The highest BCUT2D eigenvalue weighted by molar-refractivity contribution is 5.74. The minimum absolute atomic E-state index is 0.0849. The number of aliphatic hydroxyl groups excluding tert-OH is 1. The van der Waals surface area contributed by atoms with E-state index in [0.717, 1.165) is 0 Å². The lowest BCUT2D eigenvalue weighted by atomic mass is 10.1. The lowest BCUT2D eigenvalue weighted by molar-refractivity contribution is 0.0434. The summed E-state index contributed by atoms with van der Waals surface area (Å²) in [6.07, 6.45) is -1.11. The van der Waals surface area contributed by atoms with Gasteiger partial charge in [0.1, 0.15) is 6.10 Å². The second kappa shape index (κ2) is 5.29. The molecule has 6 nitrogen and oxygen atoms in total. The monoisotopic (exact) mass is 217 g/mol. The summed E-state index contributed by atoms with van der Waals surface area (Å²) in [5.74, 6) is 0. The zero-order chi connectivity index (χ0) is 11.4. The van der Waals surface area contributed by atoms with Crippen LogP contribution in [0.2, 0.25) is 0 Å². The summed E-state index contributed by atoms with van der Waals surface area (Å²) in [6.45, 7) is 4.35. The summed E-state index contributed by atoms with van der Waals surface area (Å²) in [5, 5.41) is 14.8. The largest absolute Gasteiger partial charge is 0.389 e. The number of aliphatic hydroxyl groups is 1. The van der Waals surface area contributed by atoms with Crippen molar-refractivity contribution in [1.29, 1.82) is 0 Å². The van der Waals surface area contributed by atoms with Crippen molar-refractivity contribution >= 4 is 6.03 Å². The van der Waals surface area contributed by atoms with Crippen molar-refractivity contribution in [2.75, 3.05) is 13.2 Å². The first-order chi connectivity index (χ1) is 7.00. The standard InChI is InChI=1S/C9H19N3O3/c1-5(2)12-9(14)11-3-7-8(13)6(10)4-15-7/h5-8,13H,3-4,10H2,1-2H3,(H2,11,12,14). The number of hydrogen-bond acceptors (Lipinski definition) is 4. The number of nitrogens with one attached hydrogen (secondary N) is 2. The SMILES string of the molecule is CC(C)NC(=O)NCC1OCC(N)C1O. The molecule has 1 rings (SSSR count). The van der Waals surface area contributed by atoms with Crippen LogP contribution in [0.3, 0.4) is 0 Å². The number of ether oxygens (including phenoxy) is 1. The predicted molar refractivity (Wildman–Crippen MR) is 55.4 cm³/mol. The molecular weight excluding hydrogens is 198 g/mol. The molecule has 0 aliphatic carbocycles. The van der Waals surface area contributed by atoms with Gasteiger partial charge >= 0.3 is 6.03 Å². The number of hydrogen-bond donors (Lipinski definition) is 4. The Kier molecular flexibility index (Phi) is 4.31. The molecule has 88 valence electrons. The van der Waals surface area contributed by atoms with Gasteiger partial charge in [0, 0.05) is 12.6 Å². The van der Waals surface area contributed by atoms with Crippen LogP contribution in [0.25, 0.3) is 0 Å². The molecular formula is C9H19N3O3. The van der Waals surface area contributed by atoms with Crippen molar-refractivity contribution in [3.8, 4) is 0 Å². The summed E-state index contributed by atoms with van der Waals surface area (Å²) in [7, 11) is 0. The molecule has 1 heterocycles. The van der Waals surface area contributed by atoms with Gasteiger partial charge in [0.2, 0.25) is 0 Å². The number of carbonyl (C=O) groups excluding carboxylic acids is 1. The summed E-state index contributed by atoms with van der Waals surface area (Å²) >= 11 is 0. The molecule has 0 aromatic heterocycles. The summed E-state index contributed by atoms with van der Waals surface area (Å²) in [5.41, 5.74) is 5.55. The number of urea groups is 1. The lowest BCUT2D eigenvalue weighted by Crippen LogP contribution is -2.46. The van der Waals surface area contributed by atoms with Gasteiger partial charge in [-0.1, -0.05) is 0 Å². The van der Waals surface area contributed by atoms with Crippen molar-refractivity contribution in [2.24, 2.45) is 5.73 Å². The van der Waals surface area contributed by atoms with Crippen molar-refractivity contribution in [3.63, 3.8) is 0 Å². The van der Waals surface area contributed by atoms with Crippen LogP contribution in [0, 0.1) is 0 Å². The Bertz CT molecular complexity index is 223. The van der Waals surface area contributed by atoms with E-state index in [4.69, 9.17) is 10.5 Å². The Hall–Kier alpha value is -0.850. The van der Waals surface area contributed by atoms with Crippen molar-refractivity contribution in [2.45, 2.75) is 38.1 Å². The fourth-order valence-electron chi connectivity index (χ4n) is 1.39. The van der Waals surface area contributed by atoms with E-state index in [-0.39, 0.29) is 24.7 Å². The topological polar surface area (TPSA) is 96.6 Å². The van der Waals surface area contributed by atoms with E-state index in [2.05, 4.69) is 10.6 Å². The zero-order valence-electron chi connectivity index (χ0n) is 9.06. The number of amides is 2. The van der Waals surface area contributed by atoms with E-state index in [0.29, 0.717) is 6.61 Å². The molecule has 5 N–H and O–H groups in total. The van der Waals surface area contributed by atoms with E-state index in [1.54, 1.807) is 0 Å². The lowest BCUT2D eigenvalue weighted by Gasteiger charge is -2.16. The van der Waals surface area contributed by atoms with Crippen molar-refractivity contribution < 1.29 is 14.6 Å². The summed E-state index contributed by atoms with van der Waals surface area (Å²) < 4.78 is 5.22. The maximum atomic E-state index is 11.2. The van der Waals surface area contributed by atoms with Crippen LogP contribution in [0.5, 0.6) is 0 Å². The van der Waals surface area contributed by atoms with Crippen molar-refractivity contribution in [3.05, 3.63) is 0 Å². The molecule has 1 fully saturated rings. The third-order valence-electron chi connectivity index (χ3n) is 2.21. The normalized spacial score (nSPS) is 30.6. The molecule has 0 bridgehead atoms. The van der Waals surface area contributed by atoms with E-state index in [9.17, 15) is 9.90 Å². The van der Waals surface area contributed by atoms with Gasteiger partial charge in [-0.2, -0.15) is 0 Å². The van der Waals surface area contributed by atoms with Crippen LogP contribution < -0.4 is 16.4 Å². The Morgan fingerprint density at radius 2 is 2.33 bits per heavy atom. The maximum Gasteiger partial charge on any atom is 0.315 e. The van der Waals surface area contributed by atoms with Gasteiger partial charge < -0.3 is 26.2 Å². The Balaban J connectivity index is 2.23. The van der Waals surface area contributed by atoms with Gasteiger partial charge in [-0.25, -0.2) is 4.79 Å². The molecule has 0 aromatic rings. The molecule has 3 atom stereocenters. The van der Waals surface area contributed by atoms with E-state index in [1.165, 1.54) is 0 Å². The van der Waals surface area contributed by atoms with Crippen LogP contribution in [0.4, 0.5) is 4.79 Å². The average molecular weight is 217 g/mol. The third kappa shape index (κ3) is 3.65. The highest BCUT2D eigenvalue weighted by atomic mass is 16.5. The van der Waals surface area contributed by atoms with Gasteiger partial charge in [0.25, 0.3) is 0 Å². The quantitative estimate of drug-likeness (QED) is 0.476. The van der Waals surface area contributed by atoms with E-state index >= 15 is 0 Å². The predicted octanol–water partition coefficient (Wildman–Crippen LogP) is -1.22. The van der Waals surface area contributed by atoms with Crippen LogP contribution in [0.1, 0.15) is 13.8 Å². The second-order valence-corrected chi connectivity index (χ2v) is 4.04. The van der Waals surface area contributed by atoms with Crippen LogP contribution >= 0.6 is 0 Å². The van der Waals surface area contributed by atoms with E-state index < -0.39 is 12.2 Å². The van der Waals surface area contributed by atoms with E-state index in [1.807, 2.05) is 13.8 Å². The van der Waals surface area contributed by atoms with Crippen LogP contribution in [-0.4, -0.2) is 48.6 Å². The fraction of sp³-hybridized carbons (Fsp3) is 0.889. The highest BCUT2D eigenvalue weighted by Crippen LogP contribution is 2.11. The number of rotatable bonds is 3. The first-order valence-corrected chi connectivity index (χ1v) is 5.10. The minimum Gasteiger partial charge on any atom is -0.389 e. The molecule has 0 aromatic carbocycles. The molecule has 2 amide bonds. The second-order valence-electron chi connectivity index (χ2n) is 4.04. The smallest absolute Gasteiger partial charge is 0.315 e. The van der Waals surface area contributed by atoms with Crippen LogP contribution in [-0.2, 0) is 4.74 Å². The summed E-state index contributed by atoms with van der Waals surface area (Å²) in [6, 6.07) is -0.534. The number of carbonyl (C=O) groups is 1. The Morgan fingerprint density at radius 3 is 2.80 bits per heavy atom. The van der Waals surface area contributed by atoms with Gasteiger partial charge in [-0.05, 0) is 13.8 Å². The molecule has 6 heteroatoms. The summed E-state index contributed by atoms with van der Waals surface area (Å²) in [4.78, 5) is 11.2. The molecule has 0 radical (unpaired) electrons. The fourth-order valence-corrected chi connectivity index (χ4v) is 1.39. The molecule has 1 aliphatic rings. The van der Waals surface area contributed by atoms with Gasteiger partial charge in [0.15, 0.2) is 0 Å². The molecule has 1 aliphatic heterocycles. The van der Waals surface area contributed by atoms with Crippen molar-refractivity contribution in [1.82, 2.24) is 10.6 Å². The maximum absolute atomic E-state index is 11.2. The molecule has 3 unspecified atom stereocenters. The molecule has 15 heavy (non-hydrogen) atoms. The minimum atomic E-state index is -0.704. The Labute approximate surface area is 89.2 Å². The first kappa shape index (κ1) is 12.2. The van der Waals surface area contributed by atoms with Gasteiger partial charge in [-0.3, -0.25) is 0 Å². The molecule has 0 saturated carbocycles. The zero-order valence-corrected chi connectivity index (χ0v) is 9.06. The van der Waals surface area contributed by atoms with Gasteiger partial charge in [0.05, 0.1) is 18.8 Å². The molecule has 0 spiro atoms. The third-order valence-corrected chi connectivity index (χ3v) is 2.21. The number of nitrogens with two attached hydrogens (primary N) is 1. The van der Waals surface area contributed by atoms with Gasteiger partial charge in [-0.15, -0.1) is 0 Å². The molecule has 1 saturated heterocycles.